The fraction of sp³-hybridized carbons (Fsp3) is 0.237. The Labute approximate surface area is 241 Å². The fourth-order valence-electron chi connectivity index (χ4n) is 7.10. The van der Waals surface area contributed by atoms with Gasteiger partial charge in [-0.3, -0.25) is 0 Å². The van der Waals surface area contributed by atoms with Crippen molar-refractivity contribution in [3.63, 3.8) is 0 Å². The van der Waals surface area contributed by atoms with Crippen molar-refractivity contribution < 1.29 is 13.4 Å². The van der Waals surface area contributed by atoms with Crippen molar-refractivity contribution in [1.29, 1.82) is 0 Å². The van der Waals surface area contributed by atoms with E-state index in [9.17, 15) is 0 Å². The highest BCUT2D eigenvalue weighted by molar-refractivity contribution is 6.13. The minimum atomic E-state index is -0.254. The largest absolute Gasteiger partial charge is 0.454 e. The van der Waals surface area contributed by atoms with E-state index in [0.29, 0.717) is 23.0 Å². The summed E-state index contributed by atoms with van der Waals surface area (Å²) in [5.41, 5.74) is 10.2. The standard InChI is InChI=1S/C38H35FNO/c1-24-12-18-31-32-20-21-33(39)36(38(32)41-37(31)35(24)34-11-7-8-22-40(34)3)29-17-19-30(25(2)23-29)28-15-13-27(14-16-28)26-9-5-4-6-10-26/h4-12,17-23,27-28H,13-16H2,1-3H3/q+1. The Kier molecular flexibility index (Phi) is 6.46. The third kappa shape index (κ3) is 4.44. The van der Waals surface area contributed by atoms with Crippen molar-refractivity contribution >= 4 is 21.9 Å². The molecule has 1 fully saturated rings. The molecule has 0 atom stereocenters. The van der Waals surface area contributed by atoms with E-state index in [1.807, 2.05) is 31.4 Å². The van der Waals surface area contributed by atoms with Crippen LogP contribution in [0, 0.1) is 19.7 Å². The lowest BCUT2D eigenvalue weighted by Gasteiger charge is -2.30. The van der Waals surface area contributed by atoms with Gasteiger partial charge in [0.2, 0.25) is 5.69 Å². The summed E-state index contributed by atoms with van der Waals surface area (Å²) in [6, 6.07) is 31.3. The number of fused-ring (bicyclic) bond motifs is 3. The first-order valence-corrected chi connectivity index (χ1v) is 14.7. The monoisotopic (exact) mass is 540 g/mol. The third-order valence-electron chi connectivity index (χ3n) is 9.27. The van der Waals surface area contributed by atoms with Crippen LogP contribution in [-0.2, 0) is 7.05 Å². The smallest absolute Gasteiger partial charge is 0.216 e. The molecule has 2 heterocycles. The Balaban J connectivity index is 1.27. The normalized spacial score (nSPS) is 17.4. The number of nitrogens with zero attached hydrogens (tertiary/aromatic N) is 1. The van der Waals surface area contributed by atoms with Gasteiger partial charge in [-0.05, 0) is 97.4 Å². The molecule has 1 aliphatic rings. The van der Waals surface area contributed by atoms with E-state index in [1.54, 1.807) is 6.07 Å². The van der Waals surface area contributed by atoms with Gasteiger partial charge in [0.1, 0.15) is 24.0 Å². The van der Waals surface area contributed by atoms with Gasteiger partial charge >= 0.3 is 0 Å². The first-order chi connectivity index (χ1) is 20.0. The molecular formula is C38H35FNO+. The summed E-state index contributed by atoms with van der Waals surface area (Å²) in [4.78, 5) is 0. The lowest BCUT2D eigenvalue weighted by atomic mass is 9.75. The molecule has 0 unspecified atom stereocenters. The molecule has 2 aromatic heterocycles. The minimum Gasteiger partial charge on any atom is -0.454 e. The summed E-state index contributed by atoms with van der Waals surface area (Å²) in [7, 11) is 2.04. The second-order valence-corrected chi connectivity index (χ2v) is 11.8. The van der Waals surface area contributed by atoms with E-state index in [2.05, 4.69) is 85.1 Å². The van der Waals surface area contributed by atoms with E-state index < -0.39 is 0 Å². The number of rotatable bonds is 4. The van der Waals surface area contributed by atoms with E-state index in [1.165, 1.54) is 42.4 Å². The maximum Gasteiger partial charge on any atom is 0.216 e. The summed E-state index contributed by atoms with van der Waals surface area (Å²) in [6.07, 6.45) is 6.84. The molecule has 2 nitrogen and oxygen atoms in total. The molecule has 0 aliphatic heterocycles. The van der Waals surface area contributed by atoms with Crippen LogP contribution in [0.5, 0.6) is 0 Å². The molecule has 0 amide bonds. The lowest BCUT2D eigenvalue weighted by Crippen LogP contribution is -2.30. The number of pyridine rings is 1. The highest BCUT2D eigenvalue weighted by atomic mass is 19.1. The number of hydrogen-bond acceptors (Lipinski definition) is 1. The first kappa shape index (κ1) is 25.7. The minimum absolute atomic E-state index is 0.254. The van der Waals surface area contributed by atoms with Crippen molar-refractivity contribution in [3.05, 3.63) is 125 Å². The number of halogens is 1. The second-order valence-electron chi connectivity index (χ2n) is 11.8. The maximum atomic E-state index is 15.6. The molecule has 1 aliphatic carbocycles. The SMILES string of the molecule is Cc1cc(-c2c(F)ccc3c2oc2c(-c4cccc[n+]4C)c(C)ccc23)ccc1C1CCC(c2ccccc2)CC1. The molecule has 41 heavy (non-hydrogen) atoms. The van der Waals surface area contributed by atoms with Gasteiger partial charge in [0.25, 0.3) is 0 Å². The molecule has 4 aromatic carbocycles. The quantitative estimate of drug-likeness (QED) is 0.203. The van der Waals surface area contributed by atoms with Gasteiger partial charge < -0.3 is 4.42 Å². The van der Waals surface area contributed by atoms with E-state index in [0.717, 1.165) is 38.7 Å². The zero-order valence-corrected chi connectivity index (χ0v) is 24.0. The van der Waals surface area contributed by atoms with Crippen LogP contribution < -0.4 is 4.57 Å². The van der Waals surface area contributed by atoms with Crippen LogP contribution in [0.4, 0.5) is 4.39 Å². The molecule has 0 bridgehead atoms. The molecule has 0 saturated heterocycles. The van der Waals surface area contributed by atoms with Gasteiger partial charge in [-0.2, -0.15) is 0 Å². The number of furan rings is 1. The van der Waals surface area contributed by atoms with Crippen LogP contribution in [-0.4, -0.2) is 0 Å². The zero-order chi connectivity index (χ0) is 28.1. The van der Waals surface area contributed by atoms with Crippen molar-refractivity contribution in [1.82, 2.24) is 0 Å². The van der Waals surface area contributed by atoms with E-state index >= 15 is 4.39 Å². The molecule has 6 aromatic rings. The molecule has 0 radical (unpaired) electrons. The molecule has 0 N–H and O–H groups in total. The van der Waals surface area contributed by atoms with Gasteiger partial charge in [-0.25, -0.2) is 8.96 Å². The first-order valence-electron chi connectivity index (χ1n) is 14.7. The second kappa shape index (κ2) is 10.3. The summed E-state index contributed by atoms with van der Waals surface area (Å²) >= 11 is 0. The molecule has 7 rings (SSSR count). The number of aryl methyl sites for hydroxylation is 3. The van der Waals surface area contributed by atoms with Crippen molar-refractivity contribution in [2.45, 2.75) is 51.4 Å². The highest BCUT2D eigenvalue weighted by Crippen LogP contribution is 2.44. The van der Waals surface area contributed by atoms with Crippen LogP contribution >= 0.6 is 0 Å². The summed E-state index contributed by atoms with van der Waals surface area (Å²) in [5, 5.41) is 1.95. The number of benzene rings is 4. The predicted octanol–water partition coefficient (Wildman–Crippen LogP) is 9.94. The zero-order valence-electron chi connectivity index (χ0n) is 24.0. The van der Waals surface area contributed by atoms with Crippen LogP contribution in [0.15, 0.2) is 102 Å². The van der Waals surface area contributed by atoms with E-state index in [-0.39, 0.29) is 5.82 Å². The van der Waals surface area contributed by atoms with Crippen molar-refractivity contribution in [3.8, 4) is 22.4 Å². The Morgan fingerprint density at radius 1 is 0.683 bits per heavy atom. The average molecular weight is 541 g/mol. The Morgan fingerprint density at radius 2 is 1.37 bits per heavy atom. The van der Waals surface area contributed by atoms with Gasteiger partial charge in [0.15, 0.2) is 6.20 Å². The average Bonchev–Trinajstić information content (AvgIpc) is 3.36. The summed E-state index contributed by atoms with van der Waals surface area (Å²) in [6.45, 7) is 4.28. The number of aromatic nitrogens is 1. The molecule has 3 heteroatoms. The van der Waals surface area contributed by atoms with Gasteiger partial charge in [0, 0.05) is 22.9 Å². The Bertz CT molecular complexity index is 1890. The maximum absolute atomic E-state index is 15.6. The van der Waals surface area contributed by atoms with Crippen molar-refractivity contribution in [2.24, 2.45) is 7.05 Å². The number of hydrogen-bond donors (Lipinski definition) is 0. The topological polar surface area (TPSA) is 17.0 Å². The Hall–Kier alpha value is -4.24. The lowest BCUT2D eigenvalue weighted by molar-refractivity contribution is -0.660. The van der Waals surface area contributed by atoms with Gasteiger partial charge in [-0.15, -0.1) is 0 Å². The Morgan fingerprint density at radius 3 is 2.10 bits per heavy atom. The van der Waals surface area contributed by atoms with Gasteiger partial charge in [-0.1, -0.05) is 60.7 Å². The molecule has 204 valence electrons. The van der Waals surface area contributed by atoms with Crippen LogP contribution in [0.25, 0.3) is 44.3 Å². The molecule has 1 saturated carbocycles. The van der Waals surface area contributed by atoms with Crippen LogP contribution in [0.2, 0.25) is 0 Å². The van der Waals surface area contributed by atoms with Crippen molar-refractivity contribution in [2.75, 3.05) is 0 Å². The molecular weight excluding hydrogens is 505 g/mol. The van der Waals surface area contributed by atoms with Gasteiger partial charge in [0.05, 0.1) is 11.1 Å². The van der Waals surface area contributed by atoms with Crippen LogP contribution in [0.1, 0.15) is 59.8 Å². The van der Waals surface area contributed by atoms with E-state index in [4.69, 9.17) is 4.42 Å². The fourth-order valence-corrected chi connectivity index (χ4v) is 7.10. The summed E-state index contributed by atoms with van der Waals surface area (Å²) < 4.78 is 24.4. The molecule has 0 spiro atoms. The highest BCUT2D eigenvalue weighted by Gasteiger charge is 2.26. The summed E-state index contributed by atoms with van der Waals surface area (Å²) in [5.74, 6) is 0.946. The van der Waals surface area contributed by atoms with Crippen LogP contribution in [0.3, 0.4) is 0 Å². The third-order valence-corrected chi connectivity index (χ3v) is 9.27. The predicted molar refractivity (Wildman–Crippen MR) is 166 cm³/mol.